The zero-order valence-electron chi connectivity index (χ0n) is 34.5. The van der Waals surface area contributed by atoms with Gasteiger partial charge in [0, 0.05) is 6.42 Å². The molecule has 0 aromatic heterocycles. The Morgan fingerprint density at radius 3 is 1.36 bits per heavy atom. The van der Waals surface area contributed by atoms with Crippen molar-refractivity contribution in [1.29, 1.82) is 0 Å². The van der Waals surface area contributed by atoms with Crippen molar-refractivity contribution in [3.05, 3.63) is 12.3 Å². The summed E-state index contributed by atoms with van der Waals surface area (Å²) in [5.74, 6) is -0.399. The number of aliphatic hydroxyl groups is 2. The third-order valence-corrected chi connectivity index (χ3v) is 10.7. The maximum atomic E-state index is 12.6. The Morgan fingerprint density at radius 2 is 0.943 bits per heavy atom. The number of allylic oxidation sites excluding steroid dienone is 1. The molecule has 316 valence electrons. The monoisotopic (exact) mass is 777 g/mol. The molecule has 0 aromatic rings. The normalized spacial score (nSPS) is 14.1. The van der Waals surface area contributed by atoms with Crippen molar-refractivity contribution in [2.75, 3.05) is 26.4 Å². The van der Waals surface area contributed by atoms with Crippen LogP contribution >= 0.6 is 7.82 Å². The highest BCUT2D eigenvalue weighted by Crippen LogP contribution is 2.43. The summed E-state index contributed by atoms with van der Waals surface area (Å²) < 4.78 is 33.1. The Labute approximate surface area is 326 Å². The highest BCUT2D eigenvalue weighted by Gasteiger charge is 2.26. The number of ether oxygens (including phenoxy) is 2. The summed E-state index contributed by atoms with van der Waals surface area (Å²) in [6.07, 6.45) is 41.1. The number of hydrogen-bond acceptors (Lipinski definition) is 8. The van der Waals surface area contributed by atoms with E-state index in [-0.39, 0.29) is 13.0 Å². The molecule has 0 bridgehead atoms. The number of phosphoric acid groups is 1. The number of unbranched alkanes of at least 4 members (excludes halogenated alkanes) is 29. The van der Waals surface area contributed by atoms with Crippen LogP contribution in [0.2, 0.25) is 0 Å². The molecule has 3 atom stereocenters. The van der Waals surface area contributed by atoms with Gasteiger partial charge in [-0.05, 0) is 25.3 Å². The summed E-state index contributed by atoms with van der Waals surface area (Å²) in [5.41, 5.74) is 0. The van der Waals surface area contributed by atoms with Crippen LogP contribution in [0, 0.1) is 0 Å². The summed E-state index contributed by atoms with van der Waals surface area (Å²) in [6.45, 7) is 2.92. The molecule has 0 fully saturated rings. The van der Waals surface area contributed by atoms with Crippen molar-refractivity contribution >= 4 is 13.8 Å². The van der Waals surface area contributed by atoms with Crippen molar-refractivity contribution in [2.45, 2.75) is 232 Å². The third-order valence-electron chi connectivity index (χ3n) is 9.80. The number of esters is 1. The summed E-state index contributed by atoms with van der Waals surface area (Å²) >= 11 is 0. The van der Waals surface area contributed by atoms with E-state index in [0.717, 1.165) is 32.1 Å². The van der Waals surface area contributed by atoms with Gasteiger partial charge in [0.05, 0.1) is 26.1 Å². The minimum atomic E-state index is -4.53. The number of carbonyl (C=O) groups is 1. The van der Waals surface area contributed by atoms with Gasteiger partial charge in [0.25, 0.3) is 0 Å². The Morgan fingerprint density at radius 1 is 0.566 bits per heavy atom. The molecule has 1 unspecified atom stereocenters. The fourth-order valence-corrected chi connectivity index (χ4v) is 7.17. The molecule has 0 radical (unpaired) electrons. The van der Waals surface area contributed by atoms with Crippen LogP contribution in [0.1, 0.15) is 219 Å². The maximum Gasteiger partial charge on any atom is 0.472 e. The van der Waals surface area contributed by atoms with Crippen molar-refractivity contribution < 1.29 is 43.0 Å². The first kappa shape index (κ1) is 52.0. The second kappa shape index (κ2) is 40.7. The van der Waals surface area contributed by atoms with Gasteiger partial charge in [-0.15, -0.1) is 0 Å². The maximum absolute atomic E-state index is 12.6. The fraction of sp³-hybridized carbons (Fsp3) is 0.930. The van der Waals surface area contributed by atoms with Crippen LogP contribution in [0.4, 0.5) is 0 Å². The van der Waals surface area contributed by atoms with Crippen LogP contribution in [0.5, 0.6) is 0 Å². The van der Waals surface area contributed by atoms with E-state index in [1.54, 1.807) is 6.26 Å². The topological polar surface area (TPSA) is 132 Å². The number of carbonyl (C=O) groups excluding carboxylic acids is 1. The molecule has 0 saturated heterocycles. The van der Waals surface area contributed by atoms with Gasteiger partial charge < -0.3 is 24.6 Å². The molecule has 0 amide bonds. The number of phosphoric ester groups is 1. The molecular weight excluding hydrogens is 691 g/mol. The minimum absolute atomic E-state index is 0.0287. The Hall–Kier alpha value is -0.960. The van der Waals surface area contributed by atoms with Crippen LogP contribution in [0.15, 0.2) is 12.3 Å². The zero-order chi connectivity index (χ0) is 38.9. The van der Waals surface area contributed by atoms with E-state index < -0.39 is 45.8 Å². The van der Waals surface area contributed by atoms with Gasteiger partial charge >= 0.3 is 13.8 Å². The molecular formula is C43H85O9P. The van der Waals surface area contributed by atoms with Gasteiger partial charge in [-0.3, -0.25) is 13.8 Å². The first-order valence-electron chi connectivity index (χ1n) is 22.2. The van der Waals surface area contributed by atoms with Crippen molar-refractivity contribution in [3.8, 4) is 0 Å². The lowest BCUT2D eigenvalue weighted by Gasteiger charge is -2.20. The first-order chi connectivity index (χ1) is 25.8. The van der Waals surface area contributed by atoms with E-state index >= 15 is 0 Å². The average Bonchev–Trinajstić information content (AvgIpc) is 3.15. The molecule has 0 aliphatic rings. The van der Waals surface area contributed by atoms with Crippen LogP contribution in [-0.2, 0) is 27.9 Å². The molecule has 9 nitrogen and oxygen atoms in total. The van der Waals surface area contributed by atoms with Gasteiger partial charge in [-0.2, -0.15) is 0 Å². The largest absolute Gasteiger partial charge is 0.498 e. The summed E-state index contributed by atoms with van der Waals surface area (Å²) in [4.78, 5) is 22.6. The lowest BCUT2D eigenvalue weighted by atomic mass is 10.0. The van der Waals surface area contributed by atoms with Crippen LogP contribution in [0.3, 0.4) is 0 Å². The fourth-order valence-electron chi connectivity index (χ4n) is 6.38. The quantitative estimate of drug-likeness (QED) is 0.0240. The lowest BCUT2D eigenvalue weighted by molar-refractivity contribution is -0.153. The smallest absolute Gasteiger partial charge is 0.472 e. The van der Waals surface area contributed by atoms with E-state index in [2.05, 4.69) is 13.8 Å². The summed E-state index contributed by atoms with van der Waals surface area (Å²) in [7, 11) is -4.53. The Bertz CT molecular complexity index is 841. The summed E-state index contributed by atoms with van der Waals surface area (Å²) in [5, 5.41) is 18.3. The molecule has 0 aliphatic carbocycles. The van der Waals surface area contributed by atoms with Gasteiger partial charge in [0.1, 0.15) is 12.7 Å². The van der Waals surface area contributed by atoms with Crippen molar-refractivity contribution in [3.63, 3.8) is 0 Å². The van der Waals surface area contributed by atoms with E-state index in [0.29, 0.717) is 0 Å². The van der Waals surface area contributed by atoms with Crippen LogP contribution in [0.25, 0.3) is 0 Å². The highest BCUT2D eigenvalue weighted by atomic mass is 31.2. The average molecular weight is 777 g/mol. The molecule has 3 N–H and O–H groups in total. The number of aliphatic hydroxyl groups excluding tert-OH is 2. The van der Waals surface area contributed by atoms with Gasteiger partial charge in [-0.1, -0.05) is 194 Å². The van der Waals surface area contributed by atoms with Gasteiger partial charge in [-0.25, -0.2) is 4.57 Å². The van der Waals surface area contributed by atoms with Crippen LogP contribution < -0.4 is 0 Å². The van der Waals surface area contributed by atoms with E-state index in [1.165, 1.54) is 167 Å². The van der Waals surface area contributed by atoms with E-state index in [9.17, 15) is 19.4 Å². The first-order valence-corrected chi connectivity index (χ1v) is 23.7. The second-order valence-corrected chi connectivity index (χ2v) is 16.6. The Balaban J connectivity index is 4.15. The van der Waals surface area contributed by atoms with Crippen molar-refractivity contribution in [1.82, 2.24) is 0 Å². The second-order valence-electron chi connectivity index (χ2n) is 15.2. The SMILES string of the molecule is CCCCCCCCCCCCCC/C=C\OC[C@H](COP(=O)(O)OC[C@@H](O)CO)OC(=O)CCCCCCCCCCCCCCCCCCCC. The predicted octanol–water partition coefficient (Wildman–Crippen LogP) is 12.4. The predicted molar refractivity (Wildman–Crippen MR) is 219 cm³/mol. The van der Waals surface area contributed by atoms with Gasteiger partial charge in [0.2, 0.25) is 0 Å². The Kier molecular flexibility index (Phi) is 40.0. The third kappa shape index (κ3) is 40.5. The minimum Gasteiger partial charge on any atom is -0.498 e. The lowest BCUT2D eigenvalue weighted by Crippen LogP contribution is -2.28. The zero-order valence-corrected chi connectivity index (χ0v) is 35.4. The molecule has 0 spiro atoms. The molecule has 0 heterocycles. The molecule has 0 aliphatic heterocycles. The van der Waals surface area contributed by atoms with E-state index in [1.807, 2.05) is 6.08 Å². The standard InChI is InChI=1S/C43H85O9P/c1-3-5-7-9-11-13-15-17-19-20-21-22-23-25-27-29-31-33-35-43(46)52-42(40-51-53(47,48)50-38-41(45)37-44)39-49-36-34-32-30-28-26-24-18-16-14-12-10-8-6-4-2/h34,36,41-42,44-45H,3-33,35,37-40H2,1-2H3,(H,47,48)/b36-34-/t41-,42+/m0/s1. The number of rotatable bonds is 43. The molecule has 0 aromatic carbocycles. The number of hydrogen-bond donors (Lipinski definition) is 3. The molecule has 53 heavy (non-hydrogen) atoms. The van der Waals surface area contributed by atoms with Crippen molar-refractivity contribution in [2.24, 2.45) is 0 Å². The van der Waals surface area contributed by atoms with Gasteiger partial charge in [0.15, 0.2) is 6.10 Å². The van der Waals surface area contributed by atoms with Crippen LogP contribution in [-0.4, -0.2) is 59.7 Å². The highest BCUT2D eigenvalue weighted by molar-refractivity contribution is 7.47. The molecule has 0 rings (SSSR count). The molecule has 10 heteroatoms. The summed E-state index contributed by atoms with van der Waals surface area (Å²) in [6, 6.07) is 0. The van der Waals surface area contributed by atoms with E-state index in [4.69, 9.17) is 23.6 Å². The molecule has 0 saturated carbocycles.